The zero-order chi connectivity index (χ0) is 24.6. The molecule has 2 aromatic rings. The van der Waals surface area contributed by atoms with E-state index >= 15 is 0 Å². The summed E-state index contributed by atoms with van der Waals surface area (Å²) in [5, 5.41) is 8.49. The van der Waals surface area contributed by atoms with Gasteiger partial charge in [0, 0.05) is 26.3 Å². The molecule has 0 heterocycles. The molecular formula is C23H32N4O5S. The maximum atomic E-state index is 12.7. The third-order valence-corrected chi connectivity index (χ3v) is 6.41. The molecule has 0 radical (unpaired) electrons. The monoisotopic (exact) mass is 476 g/mol. The third-order valence-electron chi connectivity index (χ3n) is 4.57. The van der Waals surface area contributed by atoms with Gasteiger partial charge >= 0.3 is 0 Å². The highest BCUT2D eigenvalue weighted by Gasteiger charge is 2.23. The van der Waals surface area contributed by atoms with Crippen molar-refractivity contribution in [1.82, 2.24) is 9.62 Å². The Balaban J connectivity index is 2.12. The Morgan fingerprint density at radius 3 is 2.42 bits per heavy atom. The average molecular weight is 477 g/mol. The molecule has 2 rings (SSSR count). The van der Waals surface area contributed by atoms with E-state index in [0.29, 0.717) is 36.0 Å². The van der Waals surface area contributed by atoms with Crippen LogP contribution in [0.3, 0.4) is 0 Å². The number of para-hydroxylation sites is 1. The molecule has 180 valence electrons. The number of carbonyl (C=O) groups is 2. The SMILES string of the molecule is CCOc1ccc(NCC(=O)Nc2ccccc2C(=O)NCC(C)C)cc1S(=O)(=O)N(C)C. The zero-order valence-electron chi connectivity index (χ0n) is 19.6. The first-order valence-electron chi connectivity index (χ1n) is 10.7. The van der Waals surface area contributed by atoms with Crippen molar-refractivity contribution in [2.45, 2.75) is 25.7 Å². The van der Waals surface area contributed by atoms with Crippen LogP contribution in [0.2, 0.25) is 0 Å². The Morgan fingerprint density at radius 2 is 1.79 bits per heavy atom. The molecule has 0 bridgehead atoms. The highest BCUT2D eigenvalue weighted by Crippen LogP contribution is 2.29. The lowest BCUT2D eigenvalue weighted by Crippen LogP contribution is -2.29. The fraction of sp³-hybridized carbons (Fsp3) is 0.391. The van der Waals surface area contributed by atoms with E-state index in [4.69, 9.17) is 4.74 Å². The molecule has 0 aromatic heterocycles. The summed E-state index contributed by atoms with van der Waals surface area (Å²) in [5.41, 5.74) is 1.21. The second-order valence-electron chi connectivity index (χ2n) is 7.93. The number of rotatable bonds is 11. The minimum atomic E-state index is -3.74. The molecule has 0 fully saturated rings. The van der Waals surface area contributed by atoms with Crippen molar-refractivity contribution in [3.05, 3.63) is 48.0 Å². The lowest BCUT2D eigenvalue weighted by molar-refractivity contribution is -0.114. The van der Waals surface area contributed by atoms with Gasteiger partial charge in [0.2, 0.25) is 15.9 Å². The van der Waals surface area contributed by atoms with Crippen molar-refractivity contribution in [3.8, 4) is 5.75 Å². The van der Waals surface area contributed by atoms with Crippen molar-refractivity contribution in [3.63, 3.8) is 0 Å². The van der Waals surface area contributed by atoms with E-state index in [-0.39, 0.29) is 29.0 Å². The summed E-state index contributed by atoms with van der Waals surface area (Å²) in [6, 6.07) is 11.4. The average Bonchev–Trinajstić information content (AvgIpc) is 2.77. The second kappa shape index (κ2) is 11.7. The molecule has 0 atom stereocenters. The van der Waals surface area contributed by atoms with Crippen molar-refractivity contribution in [2.75, 3.05) is 44.4 Å². The van der Waals surface area contributed by atoms with Crippen molar-refractivity contribution in [2.24, 2.45) is 5.92 Å². The lowest BCUT2D eigenvalue weighted by atomic mass is 10.1. The summed E-state index contributed by atoms with van der Waals surface area (Å²) < 4.78 is 31.9. The largest absolute Gasteiger partial charge is 0.492 e. The zero-order valence-corrected chi connectivity index (χ0v) is 20.5. The van der Waals surface area contributed by atoms with Gasteiger partial charge in [0.05, 0.1) is 24.4 Å². The number of sulfonamides is 1. The molecule has 0 saturated carbocycles. The molecule has 0 unspecified atom stereocenters. The van der Waals surface area contributed by atoms with Gasteiger partial charge in [-0.3, -0.25) is 9.59 Å². The van der Waals surface area contributed by atoms with E-state index in [0.717, 1.165) is 4.31 Å². The second-order valence-corrected chi connectivity index (χ2v) is 10.1. The van der Waals surface area contributed by atoms with Crippen LogP contribution in [-0.2, 0) is 14.8 Å². The third kappa shape index (κ3) is 7.19. The van der Waals surface area contributed by atoms with Gasteiger partial charge in [0.1, 0.15) is 10.6 Å². The fourth-order valence-electron chi connectivity index (χ4n) is 2.85. The maximum Gasteiger partial charge on any atom is 0.253 e. The number of nitrogens with zero attached hydrogens (tertiary/aromatic N) is 1. The predicted octanol–water partition coefficient (Wildman–Crippen LogP) is 2.77. The van der Waals surface area contributed by atoms with Crippen molar-refractivity contribution in [1.29, 1.82) is 0 Å². The van der Waals surface area contributed by atoms with Gasteiger partial charge in [-0.05, 0) is 43.2 Å². The number of amides is 2. The first-order valence-corrected chi connectivity index (χ1v) is 12.1. The van der Waals surface area contributed by atoms with Gasteiger partial charge in [0.15, 0.2) is 0 Å². The Kier molecular flexibility index (Phi) is 9.24. The number of hydrogen-bond acceptors (Lipinski definition) is 6. The van der Waals surface area contributed by atoms with Crippen LogP contribution < -0.4 is 20.7 Å². The number of carbonyl (C=O) groups excluding carboxylic acids is 2. The van der Waals surface area contributed by atoms with Gasteiger partial charge < -0.3 is 20.7 Å². The molecule has 0 aliphatic heterocycles. The van der Waals surface area contributed by atoms with E-state index in [1.165, 1.54) is 20.2 Å². The van der Waals surface area contributed by atoms with Gasteiger partial charge in [-0.1, -0.05) is 26.0 Å². The van der Waals surface area contributed by atoms with E-state index in [9.17, 15) is 18.0 Å². The minimum absolute atomic E-state index is 0.00641. The quantitative estimate of drug-likeness (QED) is 0.459. The Bertz CT molecular complexity index is 1080. The number of hydrogen-bond donors (Lipinski definition) is 3. The van der Waals surface area contributed by atoms with E-state index in [1.54, 1.807) is 43.3 Å². The van der Waals surface area contributed by atoms with Crippen LogP contribution >= 0.6 is 0 Å². The summed E-state index contributed by atoms with van der Waals surface area (Å²) >= 11 is 0. The lowest BCUT2D eigenvalue weighted by Gasteiger charge is -2.17. The van der Waals surface area contributed by atoms with E-state index in [1.807, 2.05) is 13.8 Å². The highest BCUT2D eigenvalue weighted by atomic mass is 32.2. The number of benzene rings is 2. The Hall–Kier alpha value is -3.11. The van der Waals surface area contributed by atoms with Crippen molar-refractivity contribution < 1.29 is 22.7 Å². The molecule has 33 heavy (non-hydrogen) atoms. The highest BCUT2D eigenvalue weighted by molar-refractivity contribution is 7.89. The summed E-state index contributed by atoms with van der Waals surface area (Å²) in [6.07, 6.45) is 0. The topological polar surface area (TPSA) is 117 Å². The molecule has 0 aliphatic carbocycles. The van der Waals surface area contributed by atoms with Crippen molar-refractivity contribution >= 4 is 33.2 Å². The van der Waals surface area contributed by atoms with E-state index < -0.39 is 10.0 Å². The first-order chi connectivity index (χ1) is 15.6. The van der Waals surface area contributed by atoms with Gasteiger partial charge in [-0.15, -0.1) is 0 Å². The standard InChI is InChI=1S/C23H32N4O5S/c1-6-32-20-12-11-17(13-21(20)33(30,31)27(4)5)24-15-22(28)26-19-10-8-7-9-18(19)23(29)25-14-16(2)3/h7-13,16,24H,6,14-15H2,1-5H3,(H,25,29)(H,26,28). The summed E-state index contributed by atoms with van der Waals surface area (Å²) in [5.74, 6) is -0.111. The van der Waals surface area contributed by atoms with Crippen LogP contribution in [0, 0.1) is 5.92 Å². The summed E-state index contributed by atoms with van der Waals surface area (Å²) in [7, 11) is -0.867. The molecule has 0 saturated heterocycles. The maximum absolute atomic E-state index is 12.7. The molecule has 0 aliphatic rings. The molecule has 2 aromatic carbocycles. The molecule has 3 N–H and O–H groups in total. The van der Waals surface area contributed by atoms with Gasteiger partial charge in [0.25, 0.3) is 5.91 Å². The normalized spacial score (nSPS) is 11.4. The minimum Gasteiger partial charge on any atom is -0.492 e. The van der Waals surface area contributed by atoms with Crippen LogP contribution in [0.5, 0.6) is 5.75 Å². The molecule has 2 amide bonds. The number of nitrogens with one attached hydrogen (secondary N) is 3. The first kappa shape index (κ1) is 26.1. The number of anilines is 2. The summed E-state index contributed by atoms with van der Waals surface area (Å²) in [6.45, 7) is 6.47. The fourth-order valence-corrected chi connectivity index (χ4v) is 3.90. The van der Waals surface area contributed by atoms with Gasteiger partial charge in [-0.25, -0.2) is 12.7 Å². The molecule has 0 spiro atoms. The predicted molar refractivity (Wildman–Crippen MR) is 129 cm³/mol. The Labute approximate surface area is 195 Å². The van der Waals surface area contributed by atoms with Crippen LogP contribution in [0.4, 0.5) is 11.4 Å². The van der Waals surface area contributed by atoms with Crippen LogP contribution in [0.1, 0.15) is 31.1 Å². The molecule has 10 heteroatoms. The van der Waals surface area contributed by atoms with Gasteiger partial charge in [-0.2, -0.15) is 0 Å². The molecular weight excluding hydrogens is 444 g/mol. The smallest absolute Gasteiger partial charge is 0.253 e. The molecule has 9 nitrogen and oxygen atoms in total. The van der Waals surface area contributed by atoms with E-state index in [2.05, 4.69) is 16.0 Å². The Morgan fingerprint density at radius 1 is 1.09 bits per heavy atom. The van der Waals surface area contributed by atoms with Crippen LogP contribution in [0.15, 0.2) is 47.4 Å². The summed E-state index contributed by atoms with van der Waals surface area (Å²) in [4.78, 5) is 25.0. The van der Waals surface area contributed by atoms with Crippen LogP contribution in [0.25, 0.3) is 0 Å². The van der Waals surface area contributed by atoms with Crippen LogP contribution in [-0.4, -0.2) is 58.3 Å². The number of ether oxygens (including phenoxy) is 1.